The van der Waals surface area contributed by atoms with Gasteiger partial charge in [0.25, 0.3) is 10.2 Å². The first kappa shape index (κ1) is 17.1. The quantitative estimate of drug-likeness (QED) is 0.534. The molecule has 0 aromatic heterocycles. The van der Waals surface area contributed by atoms with Crippen LogP contribution in [0.4, 0.5) is 12.9 Å². The number of hydrogen-bond acceptors (Lipinski definition) is 2. The van der Waals surface area contributed by atoms with Crippen LogP contribution in [-0.4, -0.2) is 50.7 Å². The summed E-state index contributed by atoms with van der Waals surface area (Å²) in [7, 11) is -2.38. The molecule has 10 heteroatoms. The summed E-state index contributed by atoms with van der Waals surface area (Å²) < 4.78 is 61.1. The van der Waals surface area contributed by atoms with E-state index in [-0.39, 0.29) is 64.5 Å². The van der Waals surface area contributed by atoms with Crippen LogP contribution in [0.15, 0.2) is 12.1 Å². The zero-order valence-corrected chi connectivity index (χ0v) is 13.1. The van der Waals surface area contributed by atoms with Crippen molar-refractivity contribution < 1.29 is 72.7 Å². The summed E-state index contributed by atoms with van der Waals surface area (Å²) in [5.74, 6) is 0. The van der Waals surface area contributed by atoms with E-state index in [4.69, 9.17) is 0 Å². The van der Waals surface area contributed by atoms with Crippen LogP contribution in [-0.2, 0) is 10.2 Å². The van der Waals surface area contributed by atoms with Crippen molar-refractivity contribution in [3.8, 4) is 0 Å². The number of nitrogens with zero attached hydrogens (tertiary/aromatic N) is 2. The van der Waals surface area contributed by atoms with Crippen molar-refractivity contribution in [3.63, 3.8) is 0 Å². The summed E-state index contributed by atoms with van der Waals surface area (Å²) in [6, 6.07) is 0. The van der Waals surface area contributed by atoms with Crippen LogP contribution < -0.4 is 51.4 Å². The van der Waals surface area contributed by atoms with Gasteiger partial charge in [0.1, 0.15) is 0 Å². The molecule has 1 fully saturated rings. The molecule has 1 rings (SSSR count). The minimum atomic E-state index is -5.17. The molecule has 0 saturated carbocycles. The molecular formula is C6H11BF3KN2O2S. The van der Waals surface area contributed by atoms with Crippen LogP contribution >= 0.6 is 0 Å². The van der Waals surface area contributed by atoms with Crippen molar-refractivity contribution in [1.82, 2.24) is 8.61 Å². The molecule has 0 unspecified atom stereocenters. The average Bonchev–Trinajstić information content (AvgIpc) is 2.30. The Kier molecular flexibility index (Phi) is 6.23. The van der Waals surface area contributed by atoms with Gasteiger partial charge in [0.2, 0.25) is 0 Å². The molecule has 0 atom stereocenters. The summed E-state index contributed by atoms with van der Waals surface area (Å²) in [5.41, 5.74) is -0.992. The van der Waals surface area contributed by atoms with E-state index in [2.05, 4.69) is 6.58 Å². The summed E-state index contributed by atoms with van der Waals surface area (Å²) in [6.07, 6.45) is 0. The van der Waals surface area contributed by atoms with Gasteiger partial charge >= 0.3 is 58.4 Å². The standard InChI is InChI=1S/C6H11BF3N2O2S.K/c1-6(7(8,9)10)5-12-4-3-11(2)15(12,13)14;/h1,3-5H2,2H3;/q-1;+1. The number of halogens is 3. The Morgan fingerprint density at radius 2 is 1.88 bits per heavy atom. The largest absolute Gasteiger partial charge is 1.00 e. The smallest absolute Gasteiger partial charge is 0.445 e. The molecule has 0 N–H and O–H groups in total. The summed E-state index contributed by atoms with van der Waals surface area (Å²) in [5, 5.41) is 0. The molecule has 0 aromatic rings. The fraction of sp³-hybridized carbons (Fsp3) is 0.667. The number of hydrogen-bond donors (Lipinski definition) is 0. The predicted molar refractivity (Wildman–Crippen MR) is 51.3 cm³/mol. The van der Waals surface area contributed by atoms with Gasteiger partial charge in [-0.3, -0.25) is 0 Å². The normalized spacial score (nSPS) is 21.8. The van der Waals surface area contributed by atoms with Gasteiger partial charge in [0.15, 0.2) is 0 Å². The van der Waals surface area contributed by atoms with Gasteiger partial charge < -0.3 is 12.9 Å². The Hall–Kier alpha value is 1.10. The molecule has 0 spiro atoms. The third kappa shape index (κ3) is 3.80. The van der Waals surface area contributed by atoms with E-state index < -0.39 is 29.2 Å². The van der Waals surface area contributed by atoms with Gasteiger partial charge in [0.05, 0.1) is 0 Å². The molecule has 4 nitrogen and oxygen atoms in total. The van der Waals surface area contributed by atoms with Gasteiger partial charge in [-0.15, -0.1) is 12.1 Å². The predicted octanol–water partition coefficient (Wildman–Crippen LogP) is -2.57. The van der Waals surface area contributed by atoms with Crippen LogP contribution in [0.25, 0.3) is 0 Å². The van der Waals surface area contributed by atoms with Crippen molar-refractivity contribution in [1.29, 1.82) is 0 Å². The van der Waals surface area contributed by atoms with E-state index in [1.165, 1.54) is 7.05 Å². The third-order valence-corrected chi connectivity index (χ3v) is 4.16. The maximum Gasteiger partial charge on any atom is 1.00 e. The maximum atomic E-state index is 12.2. The summed E-state index contributed by atoms with van der Waals surface area (Å²) in [4.78, 5) is 0. The van der Waals surface area contributed by atoms with E-state index >= 15 is 0 Å². The minimum Gasteiger partial charge on any atom is -0.445 e. The molecule has 1 heterocycles. The first-order valence-electron chi connectivity index (χ1n) is 4.24. The van der Waals surface area contributed by atoms with E-state index in [1.54, 1.807) is 0 Å². The van der Waals surface area contributed by atoms with Crippen LogP contribution in [0.5, 0.6) is 0 Å². The van der Waals surface area contributed by atoms with Gasteiger partial charge in [-0.25, -0.2) is 0 Å². The Labute approximate surface area is 136 Å². The van der Waals surface area contributed by atoms with Crippen LogP contribution in [0.1, 0.15) is 0 Å². The van der Waals surface area contributed by atoms with E-state index in [9.17, 15) is 21.4 Å². The fourth-order valence-electron chi connectivity index (χ4n) is 1.17. The van der Waals surface area contributed by atoms with Gasteiger partial charge in [-0.05, 0) is 0 Å². The monoisotopic (exact) mass is 282 g/mol. The average molecular weight is 282 g/mol. The molecule has 0 amide bonds. The second kappa shape index (κ2) is 5.83. The zero-order valence-electron chi connectivity index (χ0n) is 9.16. The Morgan fingerprint density at radius 1 is 1.38 bits per heavy atom. The van der Waals surface area contributed by atoms with Gasteiger partial charge in [-0.2, -0.15) is 17.0 Å². The Morgan fingerprint density at radius 3 is 2.19 bits per heavy atom. The summed E-state index contributed by atoms with van der Waals surface area (Å²) >= 11 is 0. The van der Waals surface area contributed by atoms with Gasteiger partial charge in [-0.1, -0.05) is 0 Å². The number of likely N-dealkylation sites (N-methyl/N-ethyl adjacent to an activating group) is 1. The first-order chi connectivity index (χ1) is 6.65. The van der Waals surface area contributed by atoms with Crippen molar-refractivity contribution in [2.45, 2.75) is 0 Å². The molecule has 1 aliphatic heterocycles. The van der Waals surface area contributed by atoms with Crippen molar-refractivity contribution >= 4 is 17.2 Å². The molecule has 1 aliphatic rings. The molecule has 1 saturated heterocycles. The first-order valence-corrected chi connectivity index (χ1v) is 5.64. The fourth-order valence-corrected chi connectivity index (χ4v) is 2.52. The van der Waals surface area contributed by atoms with Crippen molar-refractivity contribution in [2.75, 3.05) is 26.7 Å². The Bertz CT molecular complexity index is 372. The third-order valence-electron chi connectivity index (χ3n) is 2.23. The van der Waals surface area contributed by atoms with E-state index in [0.717, 1.165) is 8.61 Å². The summed E-state index contributed by atoms with van der Waals surface area (Å²) in [6.45, 7) is -2.70. The molecule has 0 aromatic carbocycles. The van der Waals surface area contributed by atoms with Crippen molar-refractivity contribution in [3.05, 3.63) is 12.1 Å². The topological polar surface area (TPSA) is 40.6 Å². The molecule has 88 valence electrons. The van der Waals surface area contributed by atoms with Gasteiger partial charge in [0, 0.05) is 26.7 Å². The van der Waals surface area contributed by atoms with Crippen molar-refractivity contribution in [2.24, 2.45) is 0 Å². The van der Waals surface area contributed by atoms with Crippen LogP contribution in [0.2, 0.25) is 0 Å². The van der Waals surface area contributed by atoms with Crippen LogP contribution in [0, 0.1) is 0 Å². The molecular weight excluding hydrogens is 271 g/mol. The second-order valence-corrected chi connectivity index (χ2v) is 5.43. The molecule has 16 heavy (non-hydrogen) atoms. The minimum absolute atomic E-state index is 0. The second-order valence-electron chi connectivity index (χ2n) is 3.40. The van der Waals surface area contributed by atoms with E-state index in [1.807, 2.05) is 0 Å². The molecule has 0 radical (unpaired) electrons. The number of rotatable bonds is 3. The van der Waals surface area contributed by atoms with E-state index in [0.29, 0.717) is 0 Å². The van der Waals surface area contributed by atoms with Crippen LogP contribution in [0.3, 0.4) is 0 Å². The SMILES string of the molecule is C=C(CN1CCN(C)S1(=O)=O)[B-](F)(F)F.[K+]. The molecule has 0 bridgehead atoms. The zero-order chi connectivity index (χ0) is 11.9. The molecule has 0 aliphatic carbocycles. The Balaban J connectivity index is 0.00000225. The maximum absolute atomic E-state index is 12.2.